The van der Waals surface area contributed by atoms with Crippen molar-refractivity contribution in [3.63, 3.8) is 0 Å². The number of amides is 1. The predicted octanol–water partition coefficient (Wildman–Crippen LogP) is 3.85. The summed E-state index contributed by atoms with van der Waals surface area (Å²) in [5, 5.41) is 13.0. The summed E-state index contributed by atoms with van der Waals surface area (Å²) in [5.74, 6) is 0.162. The number of carbonyl (C=O) groups excluding carboxylic acids is 1. The van der Waals surface area contributed by atoms with E-state index in [1.165, 1.54) is 0 Å². The van der Waals surface area contributed by atoms with E-state index in [-0.39, 0.29) is 17.9 Å². The Bertz CT molecular complexity index is 808. The van der Waals surface area contributed by atoms with Gasteiger partial charge in [-0.2, -0.15) is 0 Å². The highest BCUT2D eigenvalue weighted by Gasteiger charge is 2.38. The molecule has 1 fully saturated rings. The second-order valence-corrected chi connectivity index (χ2v) is 8.47. The number of aromatic nitrogens is 3. The molecule has 0 spiro atoms. The van der Waals surface area contributed by atoms with Crippen LogP contribution in [0.4, 0.5) is 5.95 Å². The van der Waals surface area contributed by atoms with Crippen LogP contribution in [0, 0.1) is 0 Å². The van der Waals surface area contributed by atoms with Crippen LogP contribution in [-0.4, -0.2) is 31.1 Å². The Balaban J connectivity index is 2.06. The maximum absolute atomic E-state index is 12.2. The van der Waals surface area contributed by atoms with Gasteiger partial charge in [0.15, 0.2) is 5.65 Å². The van der Waals surface area contributed by atoms with Crippen molar-refractivity contribution < 1.29 is 9.90 Å². The minimum Gasteiger partial charge on any atom is -0.390 e. The number of imidazole rings is 1. The van der Waals surface area contributed by atoms with E-state index in [1.54, 1.807) is 19.9 Å². The molecule has 0 radical (unpaired) electrons. The minimum absolute atomic E-state index is 0.00913. The summed E-state index contributed by atoms with van der Waals surface area (Å²) in [6, 6.07) is 1.80. The summed E-state index contributed by atoms with van der Waals surface area (Å²) in [7, 11) is 0. The molecule has 2 N–H and O–H groups in total. The summed E-state index contributed by atoms with van der Waals surface area (Å²) >= 11 is 9.51. The van der Waals surface area contributed by atoms with Crippen LogP contribution in [0.3, 0.4) is 0 Å². The van der Waals surface area contributed by atoms with Crippen molar-refractivity contribution in [2.24, 2.45) is 0 Å². The van der Waals surface area contributed by atoms with Crippen molar-refractivity contribution in [1.82, 2.24) is 14.5 Å². The normalized spacial score (nSPS) is 16.9. The average molecular weight is 416 g/mol. The number of hydrogen-bond donors (Lipinski definition) is 2. The molecule has 2 aromatic rings. The van der Waals surface area contributed by atoms with Crippen LogP contribution in [0.25, 0.3) is 11.2 Å². The lowest BCUT2D eigenvalue weighted by Crippen LogP contribution is -2.39. The molecule has 0 saturated heterocycles. The van der Waals surface area contributed by atoms with Gasteiger partial charge in [0.2, 0.25) is 11.9 Å². The molecule has 6 nitrogen and oxygen atoms in total. The van der Waals surface area contributed by atoms with Crippen LogP contribution in [0.1, 0.15) is 46.5 Å². The van der Waals surface area contributed by atoms with E-state index in [0.717, 1.165) is 19.3 Å². The van der Waals surface area contributed by atoms with Crippen molar-refractivity contribution in [1.29, 1.82) is 0 Å². The zero-order chi connectivity index (χ0) is 17.7. The Kier molecular flexibility index (Phi) is 4.38. The third kappa shape index (κ3) is 3.30. The van der Waals surface area contributed by atoms with Crippen molar-refractivity contribution in [3.05, 3.63) is 15.7 Å². The molecule has 0 atom stereocenters. The summed E-state index contributed by atoms with van der Waals surface area (Å²) in [6.45, 7) is 5.32. The number of pyridine rings is 1. The van der Waals surface area contributed by atoms with Crippen molar-refractivity contribution in [3.8, 4) is 0 Å². The largest absolute Gasteiger partial charge is 0.390 e. The van der Waals surface area contributed by atoms with Crippen LogP contribution in [0.5, 0.6) is 0 Å². The van der Waals surface area contributed by atoms with Crippen LogP contribution < -0.4 is 5.32 Å². The van der Waals surface area contributed by atoms with Crippen molar-refractivity contribution in [2.75, 3.05) is 5.32 Å². The summed E-state index contributed by atoms with van der Waals surface area (Å²) in [4.78, 5) is 21.2. The molecule has 3 rings (SSSR count). The standard InChI is InChI=1S/C16H20BrClN4O2/c1-15(2,24)8-11(23)20-14-19-10-7-9(17)12(18)21-13(10)22(14)16(3)5-4-6-16/h7,24H,4-6,8H2,1-3H3,(H,19,20,23). The van der Waals surface area contributed by atoms with Gasteiger partial charge < -0.3 is 5.11 Å². The highest BCUT2D eigenvalue weighted by molar-refractivity contribution is 9.10. The molecule has 1 aliphatic rings. The highest BCUT2D eigenvalue weighted by Crippen LogP contribution is 2.43. The maximum atomic E-state index is 12.2. The predicted molar refractivity (Wildman–Crippen MR) is 97.3 cm³/mol. The van der Waals surface area contributed by atoms with E-state index in [9.17, 15) is 9.90 Å². The number of anilines is 1. The minimum atomic E-state index is -1.08. The third-order valence-electron chi connectivity index (χ3n) is 4.36. The lowest BCUT2D eigenvalue weighted by Gasteiger charge is -2.40. The van der Waals surface area contributed by atoms with E-state index < -0.39 is 5.60 Å². The molecule has 0 aliphatic heterocycles. The van der Waals surface area contributed by atoms with E-state index in [4.69, 9.17) is 11.6 Å². The molecule has 2 heterocycles. The quantitative estimate of drug-likeness (QED) is 0.743. The Labute approximate surface area is 153 Å². The van der Waals surface area contributed by atoms with E-state index in [2.05, 4.69) is 38.1 Å². The number of hydrogen-bond acceptors (Lipinski definition) is 4. The Morgan fingerprint density at radius 2 is 2.17 bits per heavy atom. The first-order valence-electron chi connectivity index (χ1n) is 7.86. The molecule has 8 heteroatoms. The van der Waals surface area contributed by atoms with Crippen LogP contribution in [0.15, 0.2) is 10.5 Å². The summed E-state index contributed by atoms with van der Waals surface area (Å²) < 4.78 is 2.63. The smallest absolute Gasteiger partial charge is 0.229 e. The Morgan fingerprint density at radius 3 is 2.71 bits per heavy atom. The molecule has 130 valence electrons. The second kappa shape index (κ2) is 5.97. The van der Waals surface area contributed by atoms with Crippen LogP contribution in [0.2, 0.25) is 5.15 Å². The molecule has 0 bridgehead atoms. The van der Waals surface area contributed by atoms with Gasteiger partial charge in [0.25, 0.3) is 0 Å². The summed E-state index contributed by atoms with van der Waals surface area (Å²) in [6.07, 6.45) is 3.09. The zero-order valence-corrected chi connectivity index (χ0v) is 16.2. The van der Waals surface area contributed by atoms with Gasteiger partial charge in [-0.25, -0.2) is 9.97 Å². The molecule has 1 amide bonds. The fourth-order valence-corrected chi connectivity index (χ4v) is 3.47. The van der Waals surface area contributed by atoms with Crippen LogP contribution in [-0.2, 0) is 10.3 Å². The van der Waals surface area contributed by atoms with Crippen molar-refractivity contribution >= 4 is 50.6 Å². The molecule has 0 aromatic carbocycles. The molecular weight excluding hydrogens is 396 g/mol. The van der Waals surface area contributed by atoms with E-state index in [1.807, 2.05) is 4.57 Å². The Morgan fingerprint density at radius 1 is 1.50 bits per heavy atom. The van der Waals surface area contributed by atoms with Crippen molar-refractivity contribution in [2.45, 2.75) is 57.6 Å². The van der Waals surface area contributed by atoms with Gasteiger partial charge in [0.1, 0.15) is 10.7 Å². The van der Waals surface area contributed by atoms with E-state index in [0.29, 0.717) is 26.7 Å². The third-order valence-corrected chi connectivity index (χ3v) is 5.48. The highest BCUT2D eigenvalue weighted by atomic mass is 79.9. The first-order chi connectivity index (χ1) is 11.1. The van der Waals surface area contributed by atoms with Gasteiger partial charge in [-0.1, -0.05) is 11.6 Å². The number of rotatable bonds is 4. The lowest BCUT2D eigenvalue weighted by molar-refractivity contribution is -0.119. The fourth-order valence-electron chi connectivity index (χ4n) is 3.03. The SMILES string of the molecule is CC(C)(O)CC(=O)Nc1nc2cc(Br)c(Cl)nc2n1C1(C)CCC1. The van der Waals surface area contributed by atoms with Crippen LogP contribution >= 0.6 is 27.5 Å². The number of nitrogens with zero attached hydrogens (tertiary/aromatic N) is 3. The Hall–Kier alpha value is -1.18. The molecule has 1 saturated carbocycles. The first-order valence-corrected chi connectivity index (χ1v) is 9.03. The number of carbonyl (C=O) groups is 1. The van der Waals surface area contributed by atoms with Gasteiger partial charge >= 0.3 is 0 Å². The van der Waals surface area contributed by atoms with E-state index >= 15 is 0 Å². The summed E-state index contributed by atoms with van der Waals surface area (Å²) in [5.41, 5.74) is 0.101. The fraction of sp³-hybridized carbons (Fsp3) is 0.562. The topological polar surface area (TPSA) is 80.0 Å². The number of halogens is 2. The number of nitrogens with one attached hydrogen (secondary N) is 1. The lowest BCUT2D eigenvalue weighted by atomic mass is 9.78. The van der Waals surface area contributed by atoms with Gasteiger partial charge in [0, 0.05) is 5.54 Å². The number of aliphatic hydroxyl groups is 1. The zero-order valence-electron chi connectivity index (χ0n) is 13.9. The molecule has 1 aliphatic carbocycles. The second-order valence-electron chi connectivity index (χ2n) is 7.26. The molecular formula is C16H20BrClN4O2. The monoisotopic (exact) mass is 414 g/mol. The first kappa shape index (κ1) is 17.6. The molecule has 0 unspecified atom stereocenters. The van der Waals surface area contributed by atoms with Gasteiger partial charge in [-0.05, 0) is 62.0 Å². The molecule has 2 aromatic heterocycles. The van der Waals surface area contributed by atoms with Gasteiger partial charge in [-0.15, -0.1) is 0 Å². The molecule has 24 heavy (non-hydrogen) atoms. The van der Waals surface area contributed by atoms with Gasteiger partial charge in [-0.3, -0.25) is 14.7 Å². The number of fused-ring (bicyclic) bond motifs is 1. The van der Waals surface area contributed by atoms with Gasteiger partial charge in [0.05, 0.1) is 16.5 Å². The average Bonchev–Trinajstić information content (AvgIpc) is 2.71. The maximum Gasteiger partial charge on any atom is 0.229 e.